The summed E-state index contributed by atoms with van der Waals surface area (Å²) >= 11 is 0. The van der Waals surface area contributed by atoms with Crippen molar-refractivity contribution < 1.29 is 24.2 Å². The number of ether oxygens (including phenoxy) is 1. The quantitative estimate of drug-likeness (QED) is 0.353. The van der Waals surface area contributed by atoms with E-state index < -0.39 is 18.0 Å². The van der Waals surface area contributed by atoms with Crippen LogP contribution in [0.3, 0.4) is 0 Å². The molecule has 186 valence electrons. The maximum atomic E-state index is 12.3. The van der Waals surface area contributed by atoms with E-state index in [4.69, 9.17) is 4.74 Å². The van der Waals surface area contributed by atoms with Gasteiger partial charge in [0.25, 0.3) is 0 Å². The molecule has 2 aliphatic rings. The van der Waals surface area contributed by atoms with Gasteiger partial charge in [0, 0.05) is 24.9 Å². The van der Waals surface area contributed by atoms with E-state index in [2.05, 4.69) is 34.9 Å². The van der Waals surface area contributed by atoms with Gasteiger partial charge in [-0.3, -0.25) is 9.59 Å². The Morgan fingerprint density at radius 3 is 2.23 bits per heavy atom. The number of alkyl carbamates (subject to hydrolysis) is 1. The van der Waals surface area contributed by atoms with Crippen molar-refractivity contribution >= 4 is 18.0 Å². The molecule has 0 radical (unpaired) electrons. The summed E-state index contributed by atoms with van der Waals surface area (Å²) < 4.78 is 5.53. The minimum atomic E-state index is -0.829. The van der Waals surface area contributed by atoms with E-state index in [-0.39, 0.29) is 24.5 Å². The molecule has 2 aliphatic carbocycles. The molecule has 2 aromatic rings. The monoisotopic (exact) mass is 478 g/mol. The lowest BCUT2D eigenvalue weighted by molar-refractivity contribution is -0.143. The molecule has 7 nitrogen and oxygen atoms in total. The van der Waals surface area contributed by atoms with Gasteiger partial charge in [-0.15, -0.1) is 0 Å². The van der Waals surface area contributed by atoms with E-state index >= 15 is 0 Å². The Labute approximate surface area is 206 Å². The molecule has 7 heteroatoms. The standard InChI is InChI=1S/C28H34N2O5/c31-26(30-25-15-3-1-2-14-23(25)27(32)33)16-8-9-17-29-28(34)35-18-24-21-12-6-4-10-19(21)20-11-5-7-13-22(20)24/h4-7,10-13,23-25H,1-3,8-9,14-18H2,(H,29,34)(H,30,31)(H,32,33)/t23-,25+/m1/s1. The number of rotatable bonds is 9. The third-order valence-electron chi connectivity index (χ3n) is 7.12. The van der Waals surface area contributed by atoms with Crippen molar-refractivity contribution in [1.82, 2.24) is 10.6 Å². The number of carboxylic acid groups (broad SMARTS) is 1. The van der Waals surface area contributed by atoms with E-state index in [9.17, 15) is 19.5 Å². The predicted molar refractivity (Wildman–Crippen MR) is 133 cm³/mol. The number of benzene rings is 2. The minimum absolute atomic E-state index is 0.0236. The van der Waals surface area contributed by atoms with Crippen LogP contribution in [0.5, 0.6) is 0 Å². The maximum absolute atomic E-state index is 12.3. The molecule has 4 rings (SSSR count). The number of hydrogen-bond acceptors (Lipinski definition) is 4. The highest BCUT2D eigenvalue weighted by Gasteiger charge is 2.31. The second-order valence-electron chi connectivity index (χ2n) is 9.47. The molecule has 1 saturated carbocycles. The smallest absolute Gasteiger partial charge is 0.407 e. The van der Waals surface area contributed by atoms with E-state index in [1.165, 1.54) is 22.3 Å². The first-order valence-electron chi connectivity index (χ1n) is 12.7. The summed E-state index contributed by atoms with van der Waals surface area (Å²) in [6.07, 6.45) is 5.29. The van der Waals surface area contributed by atoms with E-state index in [1.54, 1.807) is 0 Å². The van der Waals surface area contributed by atoms with E-state index in [1.807, 2.05) is 24.3 Å². The van der Waals surface area contributed by atoms with Gasteiger partial charge in [0.15, 0.2) is 0 Å². The molecule has 3 N–H and O–H groups in total. The molecule has 0 bridgehead atoms. The number of hydrogen-bond donors (Lipinski definition) is 3. The molecule has 0 aromatic heterocycles. The summed E-state index contributed by atoms with van der Waals surface area (Å²) in [5.41, 5.74) is 4.72. The van der Waals surface area contributed by atoms with E-state index in [0.29, 0.717) is 38.6 Å². The maximum Gasteiger partial charge on any atom is 0.407 e. The molecule has 0 saturated heterocycles. The van der Waals surface area contributed by atoms with Gasteiger partial charge in [-0.2, -0.15) is 0 Å². The average Bonchev–Trinajstić information content (AvgIpc) is 2.98. The van der Waals surface area contributed by atoms with Crippen molar-refractivity contribution in [2.75, 3.05) is 13.2 Å². The third-order valence-corrected chi connectivity index (χ3v) is 7.12. The Kier molecular flexibility index (Phi) is 8.40. The van der Waals surface area contributed by atoms with Crippen LogP contribution in [-0.4, -0.2) is 42.3 Å². The Balaban J connectivity index is 1.16. The van der Waals surface area contributed by atoms with Crippen LogP contribution in [0.2, 0.25) is 0 Å². The van der Waals surface area contributed by atoms with Crippen molar-refractivity contribution in [2.45, 2.75) is 63.3 Å². The normalized spacial score (nSPS) is 19.2. The first-order chi connectivity index (χ1) is 17.0. The van der Waals surface area contributed by atoms with Crippen LogP contribution in [0.4, 0.5) is 4.79 Å². The van der Waals surface area contributed by atoms with Crippen LogP contribution in [0.1, 0.15) is 68.4 Å². The van der Waals surface area contributed by atoms with Crippen LogP contribution in [-0.2, 0) is 14.3 Å². The van der Waals surface area contributed by atoms with Crippen molar-refractivity contribution in [3.8, 4) is 11.1 Å². The number of carboxylic acids is 1. The molecule has 35 heavy (non-hydrogen) atoms. The zero-order valence-corrected chi connectivity index (χ0v) is 20.0. The van der Waals surface area contributed by atoms with Gasteiger partial charge in [-0.25, -0.2) is 4.79 Å². The predicted octanol–water partition coefficient (Wildman–Crippen LogP) is 4.85. The van der Waals surface area contributed by atoms with Gasteiger partial charge in [0.2, 0.25) is 5.91 Å². The zero-order chi connectivity index (χ0) is 24.6. The summed E-state index contributed by atoms with van der Waals surface area (Å²) in [5, 5.41) is 15.1. The number of nitrogens with one attached hydrogen (secondary N) is 2. The fourth-order valence-corrected chi connectivity index (χ4v) is 5.31. The SMILES string of the molecule is O=C(CCCCNC(=O)OCC1c2ccccc2-c2ccccc21)N[C@H]1CCCCC[C@H]1C(=O)O. The number of carbonyl (C=O) groups excluding carboxylic acids is 2. The molecule has 2 atom stereocenters. The number of aliphatic carboxylic acids is 1. The molecular weight excluding hydrogens is 444 g/mol. The summed E-state index contributed by atoms with van der Waals surface area (Å²) in [6.45, 7) is 0.694. The third kappa shape index (κ3) is 6.21. The molecule has 2 amide bonds. The summed E-state index contributed by atoms with van der Waals surface area (Å²) in [7, 11) is 0. The van der Waals surface area contributed by atoms with Gasteiger partial charge in [0.05, 0.1) is 5.92 Å². The van der Waals surface area contributed by atoms with Crippen LogP contribution in [0, 0.1) is 5.92 Å². The first kappa shape index (κ1) is 24.8. The van der Waals surface area contributed by atoms with Gasteiger partial charge in [-0.1, -0.05) is 67.8 Å². The summed E-state index contributed by atoms with van der Waals surface area (Å²) in [4.78, 5) is 36.1. The minimum Gasteiger partial charge on any atom is -0.481 e. The van der Waals surface area contributed by atoms with Crippen LogP contribution in [0.15, 0.2) is 48.5 Å². The highest BCUT2D eigenvalue weighted by atomic mass is 16.5. The Morgan fingerprint density at radius 2 is 1.54 bits per heavy atom. The highest BCUT2D eigenvalue weighted by molar-refractivity contribution is 5.79. The lowest BCUT2D eigenvalue weighted by atomic mass is 9.94. The molecular formula is C28H34N2O5. The van der Waals surface area contributed by atoms with Crippen LogP contribution in [0.25, 0.3) is 11.1 Å². The van der Waals surface area contributed by atoms with Crippen molar-refractivity contribution in [3.63, 3.8) is 0 Å². The summed E-state index contributed by atoms with van der Waals surface area (Å²) in [5.74, 6) is -1.43. The fraction of sp³-hybridized carbons (Fsp3) is 0.464. The number of amides is 2. The van der Waals surface area contributed by atoms with Crippen molar-refractivity contribution in [2.24, 2.45) is 5.92 Å². The molecule has 0 spiro atoms. The topological polar surface area (TPSA) is 105 Å². The number of fused-ring (bicyclic) bond motifs is 3. The van der Waals surface area contributed by atoms with Gasteiger partial charge in [0.1, 0.15) is 6.61 Å². The molecule has 1 fully saturated rings. The fourth-order valence-electron chi connectivity index (χ4n) is 5.31. The second kappa shape index (κ2) is 11.9. The number of unbranched alkanes of at least 4 members (excludes halogenated alkanes) is 1. The molecule has 0 heterocycles. The lowest BCUT2D eigenvalue weighted by Gasteiger charge is -2.22. The molecule has 2 aromatic carbocycles. The highest BCUT2D eigenvalue weighted by Crippen LogP contribution is 2.44. The van der Waals surface area contributed by atoms with Gasteiger partial charge in [-0.05, 0) is 47.9 Å². The van der Waals surface area contributed by atoms with Crippen LogP contribution >= 0.6 is 0 Å². The first-order valence-corrected chi connectivity index (χ1v) is 12.7. The van der Waals surface area contributed by atoms with Crippen molar-refractivity contribution in [3.05, 3.63) is 59.7 Å². The van der Waals surface area contributed by atoms with E-state index in [0.717, 1.165) is 19.3 Å². The largest absolute Gasteiger partial charge is 0.481 e. The Bertz CT molecular complexity index is 1010. The van der Waals surface area contributed by atoms with Crippen LogP contribution < -0.4 is 10.6 Å². The second-order valence-corrected chi connectivity index (χ2v) is 9.47. The average molecular weight is 479 g/mol. The lowest BCUT2D eigenvalue weighted by Crippen LogP contribution is -2.42. The van der Waals surface area contributed by atoms with Crippen molar-refractivity contribution in [1.29, 1.82) is 0 Å². The molecule has 0 unspecified atom stereocenters. The zero-order valence-electron chi connectivity index (χ0n) is 20.0. The summed E-state index contributed by atoms with van der Waals surface area (Å²) in [6, 6.07) is 16.1. The number of carbonyl (C=O) groups is 3. The Hall–Kier alpha value is -3.35. The van der Waals surface area contributed by atoms with Gasteiger partial charge >= 0.3 is 12.1 Å². The Morgan fingerprint density at radius 1 is 0.886 bits per heavy atom. The molecule has 0 aliphatic heterocycles. The van der Waals surface area contributed by atoms with Gasteiger partial charge < -0.3 is 20.5 Å².